The molecule has 1 aromatic rings. The predicted molar refractivity (Wildman–Crippen MR) is 88.9 cm³/mol. The van der Waals surface area contributed by atoms with E-state index >= 15 is 0 Å². The molecule has 24 heavy (non-hydrogen) atoms. The lowest BCUT2D eigenvalue weighted by atomic mass is 9.95. The number of hydrogen-bond acceptors (Lipinski definition) is 2. The zero-order valence-electron chi connectivity index (χ0n) is 13.6. The van der Waals surface area contributed by atoms with Crippen LogP contribution in [0.15, 0.2) is 42.3 Å². The van der Waals surface area contributed by atoms with E-state index in [0.29, 0.717) is 24.3 Å². The Hall–Kier alpha value is -2.63. The van der Waals surface area contributed by atoms with Gasteiger partial charge >= 0.3 is 12.0 Å². The number of benzene rings is 1. The number of carboxylic acids is 1. The molecule has 2 aliphatic rings. The van der Waals surface area contributed by atoms with Gasteiger partial charge in [-0.2, -0.15) is 0 Å². The number of hydrogen-bond donors (Lipinski definition) is 1. The molecule has 3 rings (SSSR count). The Morgan fingerprint density at radius 3 is 2.75 bits per heavy atom. The fourth-order valence-corrected chi connectivity index (χ4v) is 3.36. The quantitative estimate of drug-likeness (QED) is 0.924. The summed E-state index contributed by atoms with van der Waals surface area (Å²) in [5, 5.41) is 9.25. The van der Waals surface area contributed by atoms with Gasteiger partial charge in [-0.25, -0.2) is 14.0 Å². The second-order valence-electron chi connectivity index (χ2n) is 6.14. The molecular weight excluding hydrogens is 311 g/mol. The van der Waals surface area contributed by atoms with E-state index in [1.54, 1.807) is 34.9 Å². The van der Waals surface area contributed by atoms with Crippen LogP contribution in [0.1, 0.15) is 22.8 Å². The van der Waals surface area contributed by atoms with Crippen molar-refractivity contribution < 1.29 is 19.1 Å². The zero-order valence-corrected chi connectivity index (χ0v) is 13.6. The molecule has 2 unspecified atom stereocenters. The van der Waals surface area contributed by atoms with Crippen molar-refractivity contribution in [3.8, 4) is 0 Å². The Balaban J connectivity index is 1.87. The topological polar surface area (TPSA) is 60.9 Å². The Bertz CT molecular complexity index is 757. The van der Waals surface area contributed by atoms with E-state index in [4.69, 9.17) is 0 Å². The van der Waals surface area contributed by atoms with Gasteiger partial charge in [0.15, 0.2) is 0 Å². The Labute approximate surface area is 139 Å². The van der Waals surface area contributed by atoms with Gasteiger partial charge in [-0.3, -0.25) is 4.90 Å². The number of halogens is 1. The average Bonchev–Trinajstić information content (AvgIpc) is 2.89. The summed E-state index contributed by atoms with van der Waals surface area (Å²) in [5.74, 6) is -1.40. The first-order valence-electron chi connectivity index (χ1n) is 7.86. The van der Waals surface area contributed by atoms with Crippen molar-refractivity contribution in [1.82, 2.24) is 4.90 Å². The van der Waals surface area contributed by atoms with Gasteiger partial charge < -0.3 is 10.0 Å². The van der Waals surface area contributed by atoms with Gasteiger partial charge in [-0.15, -0.1) is 0 Å². The highest BCUT2D eigenvalue weighted by atomic mass is 19.1. The highest BCUT2D eigenvalue weighted by Crippen LogP contribution is 2.30. The SMILES string of the molecule is Cc1c(C(=O)O)cccc1N1CCN(C2C=CC(F)=CC2C)C1=O. The zero-order chi connectivity index (χ0) is 17.4. The second kappa shape index (κ2) is 6.11. The van der Waals surface area contributed by atoms with Crippen LogP contribution >= 0.6 is 0 Å². The minimum absolute atomic E-state index is 0.106. The van der Waals surface area contributed by atoms with E-state index < -0.39 is 5.97 Å². The molecule has 1 aliphatic carbocycles. The summed E-state index contributed by atoms with van der Waals surface area (Å²) in [6.45, 7) is 4.58. The van der Waals surface area contributed by atoms with Crippen LogP contribution in [-0.2, 0) is 0 Å². The average molecular weight is 330 g/mol. The molecule has 6 heteroatoms. The summed E-state index contributed by atoms with van der Waals surface area (Å²) in [6, 6.07) is 4.55. The number of amides is 2. The maximum absolute atomic E-state index is 13.3. The minimum atomic E-state index is -1.01. The maximum Gasteiger partial charge on any atom is 0.336 e. The molecule has 0 aromatic heterocycles. The third-order valence-corrected chi connectivity index (χ3v) is 4.64. The van der Waals surface area contributed by atoms with Gasteiger partial charge in [0.05, 0.1) is 11.6 Å². The van der Waals surface area contributed by atoms with Crippen LogP contribution in [0.5, 0.6) is 0 Å². The molecule has 0 saturated carbocycles. The molecular formula is C18H19FN2O3. The first-order valence-corrected chi connectivity index (χ1v) is 7.86. The summed E-state index contributed by atoms with van der Waals surface area (Å²) < 4.78 is 13.3. The summed E-state index contributed by atoms with van der Waals surface area (Å²) in [7, 11) is 0. The number of carbonyl (C=O) groups excluding carboxylic acids is 1. The molecule has 2 atom stereocenters. The molecule has 1 heterocycles. The van der Waals surface area contributed by atoms with Gasteiger partial charge in [0.1, 0.15) is 5.83 Å². The van der Waals surface area contributed by atoms with Crippen molar-refractivity contribution in [3.63, 3.8) is 0 Å². The van der Waals surface area contributed by atoms with Crippen LogP contribution in [0, 0.1) is 12.8 Å². The van der Waals surface area contributed by atoms with Crippen molar-refractivity contribution in [3.05, 3.63) is 53.4 Å². The Kier molecular flexibility index (Phi) is 4.13. The van der Waals surface area contributed by atoms with Crippen molar-refractivity contribution in [2.24, 2.45) is 5.92 Å². The van der Waals surface area contributed by atoms with Crippen LogP contribution in [0.2, 0.25) is 0 Å². The number of allylic oxidation sites excluding steroid dienone is 2. The standard InChI is InChI=1S/C18H19FN2O3/c1-11-10-13(19)6-7-15(11)20-8-9-21(18(20)24)16-5-3-4-14(12(16)2)17(22)23/h3-7,10-11,15H,8-9H2,1-2H3,(H,22,23). The molecule has 1 N–H and O–H groups in total. The summed E-state index contributed by atoms with van der Waals surface area (Å²) in [5.41, 5.74) is 1.37. The Morgan fingerprint density at radius 2 is 2.08 bits per heavy atom. The number of nitrogens with zero attached hydrogens (tertiary/aromatic N) is 2. The van der Waals surface area contributed by atoms with E-state index in [9.17, 15) is 19.1 Å². The van der Waals surface area contributed by atoms with Crippen LogP contribution < -0.4 is 4.90 Å². The van der Waals surface area contributed by atoms with Gasteiger partial charge in [-0.05, 0) is 36.8 Å². The maximum atomic E-state index is 13.3. The van der Waals surface area contributed by atoms with E-state index in [1.165, 1.54) is 18.2 Å². The van der Waals surface area contributed by atoms with Crippen molar-refractivity contribution in [2.75, 3.05) is 18.0 Å². The highest BCUT2D eigenvalue weighted by Gasteiger charge is 2.37. The van der Waals surface area contributed by atoms with Gasteiger partial charge in [0.2, 0.25) is 0 Å². The van der Waals surface area contributed by atoms with Gasteiger partial charge in [-0.1, -0.05) is 19.1 Å². The smallest absolute Gasteiger partial charge is 0.336 e. The molecule has 1 aliphatic heterocycles. The first-order chi connectivity index (χ1) is 11.4. The van der Waals surface area contributed by atoms with E-state index in [2.05, 4.69) is 0 Å². The molecule has 1 fully saturated rings. The third-order valence-electron chi connectivity index (χ3n) is 4.64. The molecule has 2 amide bonds. The largest absolute Gasteiger partial charge is 0.478 e. The van der Waals surface area contributed by atoms with E-state index in [1.807, 2.05) is 6.92 Å². The van der Waals surface area contributed by atoms with Gasteiger partial charge in [0.25, 0.3) is 0 Å². The number of rotatable bonds is 3. The predicted octanol–water partition coefficient (Wildman–Crippen LogP) is 3.36. The molecule has 0 bridgehead atoms. The lowest BCUT2D eigenvalue weighted by molar-refractivity contribution is 0.0696. The van der Waals surface area contributed by atoms with Crippen molar-refractivity contribution in [2.45, 2.75) is 19.9 Å². The summed E-state index contributed by atoms with van der Waals surface area (Å²) >= 11 is 0. The number of carbonyl (C=O) groups is 2. The minimum Gasteiger partial charge on any atom is -0.478 e. The number of urea groups is 1. The molecule has 0 radical (unpaired) electrons. The summed E-state index contributed by atoms with van der Waals surface area (Å²) in [4.78, 5) is 27.4. The van der Waals surface area contributed by atoms with E-state index in [-0.39, 0.29) is 29.4 Å². The van der Waals surface area contributed by atoms with Crippen molar-refractivity contribution >= 4 is 17.7 Å². The lowest BCUT2D eigenvalue weighted by Gasteiger charge is -2.30. The molecule has 5 nitrogen and oxygen atoms in total. The second-order valence-corrected chi connectivity index (χ2v) is 6.14. The van der Waals surface area contributed by atoms with Crippen LogP contribution in [0.3, 0.4) is 0 Å². The van der Waals surface area contributed by atoms with Crippen LogP contribution in [-0.4, -0.2) is 41.1 Å². The van der Waals surface area contributed by atoms with E-state index in [0.717, 1.165) is 0 Å². The Morgan fingerprint density at radius 1 is 1.33 bits per heavy atom. The molecule has 1 aromatic carbocycles. The van der Waals surface area contributed by atoms with Crippen LogP contribution in [0.4, 0.5) is 14.9 Å². The fraction of sp³-hybridized carbons (Fsp3) is 0.333. The van der Waals surface area contributed by atoms with Crippen LogP contribution in [0.25, 0.3) is 0 Å². The molecule has 1 saturated heterocycles. The van der Waals surface area contributed by atoms with Gasteiger partial charge in [0, 0.05) is 24.7 Å². The molecule has 0 spiro atoms. The van der Waals surface area contributed by atoms with Crippen molar-refractivity contribution in [1.29, 1.82) is 0 Å². The number of carboxylic acid groups (broad SMARTS) is 1. The number of aromatic carboxylic acids is 1. The highest BCUT2D eigenvalue weighted by molar-refractivity contribution is 5.98. The first kappa shape index (κ1) is 16.2. The fourth-order valence-electron chi connectivity index (χ4n) is 3.36. The monoisotopic (exact) mass is 330 g/mol. The lowest BCUT2D eigenvalue weighted by Crippen LogP contribution is -2.42. The molecule has 126 valence electrons. The summed E-state index contributed by atoms with van der Waals surface area (Å²) in [6.07, 6.45) is 4.61. The normalized spacial score (nSPS) is 23.6. The third kappa shape index (κ3) is 2.68. The number of anilines is 1.